The Morgan fingerprint density at radius 3 is 1.57 bits per heavy atom. The third-order valence-electron chi connectivity index (χ3n) is 5.16. The second-order valence-electron chi connectivity index (χ2n) is 5.53. The zero-order chi connectivity index (χ0) is 10.6. The summed E-state index contributed by atoms with van der Waals surface area (Å²) in [6.45, 7) is 4.81. The quantitative estimate of drug-likeness (QED) is 0.453. The molecular formula is C10H12Br4. The van der Waals surface area contributed by atoms with Gasteiger partial charge in [0.15, 0.2) is 0 Å². The summed E-state index contributed by atoms with van der Waals surface area (Å²) in [6.07, 6.45) is 2.61. The van der Waals surface area contributed by atoms with Crippen molar-refractivity contribution < 1.29 is 0 Å². The normalized spacial score (nSPS) is 61.3. The average Bonchev–Trinajstić information content (AvgIpc) is 2.66. The second-order valence-corrected chi connectivity index (χ2v) is 12.7. The molecule has 0 unspecified atom stereocenters. The standard InChI is InChI=1S/C10H12Br4/c1-7-3-5-6(9(5,11)12)4-8(7,2)10(7,13)14/h5-6H,3-4H2,1-2H3/t5-,6+,7+,8-. The molecule has 3 fully saturated rings. The van der Waals surface area contributed by atoms with Crippen molar-refractivity contribution in [2.45, 2.75) is 33.2 Å². The minimum atomic E-state index is 0.184. The van der Waals surface area contributed by atoms with E-state index in [1.807, 2.05) is 0 Å². The zero-order valence-corrected chi connectivity index (χ0v) is 14.4. The summed E-state index contributed by atoms with van der Waals surface area (Å²) in [6, 6.07) is 0. The number of hydrogen-bond donors (Lipinski definition) is 0. The number of halogens is 4. The number of hydrogen-bond acceptors (Lipinski definition) is 0. The highest BCUT2D eigenvalue weighted by Crippen LogP contribution is 2.90. The van der Waals surface area contributed by atoms with E-state index >= 15 is 0 Å². The van der Waals surface area contributed by atoms with Gasteiger partial charge in [0.1, 0.15) is 0 Å². The Kier molecular flexibility index (Phi) is 1.98. The van der Waals surface area contributed by atoms with Gasteiger partial charge in [-0.3, -0.25) is 0 Å². The first-order valence-electron chi connectivity index (χ1n) is 4.94. The molecule has 3 aliphatic rings. The first-order chi connectivity index (χ1) is 6.18. The van der Waals surface area contributed by atoms with Crippen molar-refractivity contribution in [2.24, 2.45) is 22.7 Å². The molecule has 3 rings (SSSR count). The van der Waals surface area contributed by atoms with Crippen molar-refractivity contribution in [2.75, 3.05) is 0 Å². The van der Waals surface area contributed by atoms with Gasteiger partial charge < -0.3 is 0 Å². The Balaban J connectivity index is 1.95. The topological polar surface area (TPSA) is 0 Å². The van der Waals surface area contributed by atoms with Crippen LogP contribution in [-0.4, -0.2) is 6.47 Å². The fourth-order valence-corrected chi connectivity index (χ4v) is 7.41. The largest absolute Gasteiger partial charge is 0.0924 e. The van der Waals surface area contributed by atoms with E-state index in [1.165, 1.54) is 12.8 Å². The molecule has 14 heavy (non-hydrogen) atoms. The average molecular weight is 452 g/mol. The fraction of sp³-hybridized carbons (Fsp3) is 1.00. The summed E-state index contributed by atoms with van der Waals surface area (Å²) in [5.41, 5.74) is 0.842. The lowest BCUT2D eigenvalue weighted by atomic mass is 9.82. The van der Waals surface area contributed by atoms with Crippen LogP contribution in [0.4, 0.5) is 0 Å². The van der Waals surface area contributed by atoms with E-state index in [1.54, 1.807) is 0 Å². The van der Waals surface area contributed by atoms with Gasteiger partial charge in [-0.15, -0.1) is 0 Å². The van der Waals surface area contributed by atoms with Crippen molar-refractivity contribution in [3.05, 3.63) is 0 Å². The van der Waals surface area contributed by atoms with Gasteiger partial charge >= 0.3 is 0 Å². The molecule has 0 bridgehead atoms. The van der Waals surface area contributed by atoms with Crippen LogP contribution >= 0.6 is 63.7 Å². The zero-order valence-electron chi connectivity index (χ0n) is 8.08. The summed E-state index contributed by atoms with van der Waals surface area (Å²) >= 11 is 15.3. The van der Waals surface area contributed by atoms with Crippen LogP contribution in [0, 0.1) is 22.7 Å². The van der Waals surface area contributed by atoms with Crippen LogP contribution in [-0.2, 0) is 0 Å². The van der Waals surface area contributed by atoms with Gasteiger partial charge in [-0.05, 0) is 24.7 Å². The third kappa shape index (κ3) is 0.896. The molecule has 0 spiro atoms. The molecule has 0 aromatic carbocycles. The lowest BCUT2D eigenvalue weighted by molar-refractivity contribution is 0.265. The SMILES string of the molecule is C[C@@]12C[C@H]3[C@@H](C[C@]1(C)C2(Br)Br)C3(Br)Br. The molecule has 0 nitrogen and oxygen atoms in total. The van der Waals surface area contributed by atoms with Crippen LogP contribution in [0.1, 0.15) is 26.7 Å². The fourth-order valence-electron chi connectivity index (χ4n) is 3.55. The summed E-state index contributed by atoms with van der Waals surface area (Å²) < 4.78 is 0.443. The van der Waals surface area contributed by atoms with Crippen molar-refractivity contribution >= 4 is 63.7 Å². The van der Waals surface area contributed by atoms with E-state index in [-0.39, 0.29) is 6.47 Å². The first kappa shape index (κ1) is 11.0. The minimum Gasteiger partial charge on any atom is -0.0721 e. The van der Waals surface area contributed by atoms with Gasteiger partial charge in [0, 0.05) is 10.8 Å². The first-order valence-corrected chi connectivity index (χ1v) is 8.11. The van der Waals surface area contributed by atoms with Gasteiger partial charge in [0.05, 0.1) is 6.47 Å². The monoisotopic (exact) mass is 448 g/mol. The van der Waals surface area contributed by atoms with Gasteiger partial charge in [0.25, 0.3) is 0 Å². The van der Waals surface area contributed by atoms with E-state index in [2.05, 4.69) is 77.6 Å². The van der Waals surface area contributed by atoms with Gasteiger partial charge in [-0.1, -0.05) is 77.6 Å². The van der Waals surface area contributed by atoms with E-state index in [0.29, 0.717) is 10.8 Å². The third-order valence-corrected chi connectivity index (χ3v) is 11.0. The summed E-state index contributed by atoms with van der Waals surface area (Å²) in [5, 5.41) is 0. The molecule has 3 saturated carbocycles. The summed E-state index contributed by atoms with van der Waals surface area (Å²) in [4.78, 5) is 0. The Bertz CT molecular complexity index is 296. The second kappa shape index (κ2) is 2.51. The van der Waals surface area contributed by atoms with Crippen LogP contribution in [0.15, 0.2) is 0 Å². The Morgan fingerprint density at radius 1 is 0.857 bits per heavy atom. The molecule has 0 saturated heterocycles. The molecule has 0 aromatic rings. The number of fused-ring (bicyclic) bond motifs is 2. The molecule has 4 atom stereocenters. The van der Waals surface area contributed by atoms with Crippen LogP contribution in [0.5, 0.6) is 0 Å². The molecule has 0 heterocycles. The maximum absolute atomic E-state index is 3.86. The van der Waals surface area contributed by atoms with Crippen molar-refractivity contribution in [1.29, 1.82) is 0 Å². The summed E-state index contributed by atoms with van der Waals surface area (Å²) in [5.74, 6) is 1.63. The lowest BCUT2D eigenvalue weighted by Crippen LogP contribution is -2.14. The predicted octanol–water partition coefficient (Wildman–Crippen LogP) is 5.02. The number of alkyl halides is 4. The van der Waals surface area contributed by atoms with Crippen LogP contribution in [0.3, 0.4) is 0 Å². The summed E-state index contributed by atoms with van der Waals surface area (Å²) in [7, 11) is 0. The van der Waals surface area contributed by atoms with E-state index in [0.717, 1.165) is 11.8 Å². The molecular weight excluding hydrogens is 440 g/mol. The number of rotatable bonds is 0. The van der Waals surface area contributed by atoms with E-state index < -0.39 is 0 Å². The molecule has 80 valence electrons. The molecule has 0 aliphatic heterocycles. The lowest BCUT2D eigenvalue weighted by Gasteiger charge is -2.21. The van der Waals surface area contributed by atoms with E-state index in [4.69, 9.17) is 0 Å². The van der Waals surface area contributed by atoms with Crippen LogP contribution in [0.25, 0.3) is 0 Å². The van der Waals surface area contributed by atoms with E-state index in [9.17, 15) is 0 Å². The molecule has 0 N–H and O–H groups in total. The highest BCUT2D eigenvalue weighted by atomic mass is 79.9. The van der Waals surface area contributed by atoms with Crippen molar-refractivity contribution in [1.82, 2.24) is 0 Å². The van der Waals surface area contributed by atoms with Crippen molar-refractivity contribution in [3.8, 4) is 0 Å². The smallest absolute Gasteiger partial charge is 0.0721 e. The Morgan fingerprint density at radius 2 is 1.21 bits per heavy atom. The molecule has 0 aromatic heterocycles. The van der Waals surface area contributed by atoms with Crippen LogP contribution < -0.4 is 0 Å². The predicted molar refractivity (Wildman–Crippen MR) is 73.6 cm³/mol. The van der Waals surface area contributed by atoms with Gasteiger partial charge in [0.2, 0.25) is 0 Å². The highest BCUT2D eigenvalue weighted by molar-refractivity contribution is 9.26. The van der Waals surface area contributed by atoms with Crippen LogP contribution in [0.2, 0.25) is 0 Å². The Hall–Kier alpha value is 1.92. The molecule has 4 heteroatoms. The molecule has 0 amide bonds. The maximum atomic E-state index is 3.86. The molecule has 3 aliphatic carbocycles. The van der Waals surface area contributed by atoms with Gasteiger partial charge in [-0.25, -0.2) is 0 Å². The minimum absolute atomic E-state index is 0.184. The highest BCUT2D eigenvalue weighted by Gasteiger charge is 2.87. The Labute approximate surface area is 118 Å². The van der Waals surface area contributed by atoms with Gasteiger partial charge in [-0.2, -0.15) is 0 Å². The van der Waals surface area contributed by atoms with Crippen molar-refractivity contribution in [3.63, 3.8) is 0 Å². The maximum Gasteiger partial charge on any atom is 0.0924 e. The molecule has 0 radical (unpaired) electrons.